The van der Waals surface area contributed by atoms with E-state index in [9.17, 15) is 14.7 Å². The lowest BCUT2D eigenvalue weighted by Crippen LogP contribution is -2.29. The molecule has 3 aromatic rings. The summed E-state index contributed by atoms with van der Waals surface area (Å²) in [7, 11) is 0. The quantitative estimate of drug-likeness (QED) is 0.385. The number of aliphatic hydroxyl groups is 1. The van der Waals surface area contributed by atoms with Gasteiger partial charge >= 0.3 is 0 Å². The van der Waals surface area contributed by atoms with Gasteiger partial charge < -0.3 is 14.6 Å². The molecule has 0 aliphatic carbocycles. The topological polar surface area (TPSA) is 89.0 Å². The van der Waals surface area contributed by atoms with Crippen LogP contribution in [0.1, 0.15) is 28.4 Å². The second-order valence-electron chi connectivity index (χ2n) is 7.76. The van der Waals surface area contributed by atoms with E-state index in [1.807, 2.05) is 26.0 Å². The molecule has 1 atom stereocenters. The Balaban J connectivity index is 1.70. The van der Waals surface area contributed by atoms with E-state index in [0.717, 1.165) is 11.1 Å². The number of carbonyl (C=O) groups is 2. The molecule has 2 aromatic carbocycles. The van der Waals surface area contributed by atoms with Gasteiger partial charge in [-0.2, -0.15) is 0 Å². The summed E-state index contributed by atoms with van der Waals surface area (Å²) in [6, 6.07) is 14.8. The molecule has 0 radical (unpaired) electrons. The number of fused-ring (bicyclic) bond motifs is 1. The van der Waals surface area contributed by atoms with Crippen LogP contribution in [0.3, 0.4) is 0 Å². The summed E-state index contributed by atoms with van der Waals surface area (Å²) < 4.78 is 10.7. The van der Waals surface area contributed by atoms with Gasteiger partial charge in [-0.25, -0.2) is 0 Å². The summed E-state index contributed by atoms with van der Waals surface area (Å²) in [4.78, 5) is 32.2. The van der Waals surface area contributed by atoms with E-state index in [1.165, 1.54) is 4.90 Å². The predicted molar refractivity (Wildman–Crippen MR) is 118 cm³/mol. The molecule has 1 amide bonds. The molecule has 1 aromatic heterocycles. The zero-order chi connectivity index (χ0) is 22.4. The SMILES string of the molecule is Cc1ccc(N2C(=O)C(=O)/C(=C(\O)c3ccc4c(c3)OCO4)C2c2ccccn2)cc1C. The minimum atomic E-state index is -0.872. The number of aliphatic hydroxyl groups excluding tert-OH is 1. The van der Waals surface area contributed by atoms with E-state index in [2.05, 4.69) is 4.98 Å². The number of ketones is 1. The van der Waals surface area contributed by atoms with E-state index >= 15 is 0 Å². The third-order valence-corrected chi connectivity index (χ3v) is 5.83. The van der Waals surface area contributed by atoms with Gasteiger partial charge in [0.2, 0.25) is 6.79 Å². The molecular formula is C25H20N2O5. The number of aryl methyl sites for hydroxylation is 2. The standard InChI is InChI=1S/C25H20N2O5/c1-14-6-8-17(11-15(14)2)27-22(18-5-3-4-10-26-18)21(24(29)25(27)30)23(28)16-7-9-19-20(12-16)32-13-31-19/h3-12,22,28H,13H2,1-2H3/b23-21-. The summed E-state index contributed by atoms with van der Waals surface area (Å²) >= 11 is 0. The number of aromatic nitrogens is 1. The monoisotopic (exact) mass is 428 g/mol. The fourth-order valence-corrected chi connectivity index (χ4v) is 3.99. The Labute approximate surface area is 184 Å². The van der Waals surface area contributed by atoms with Crippen molar-refractivity contribution in [1.82, 2.24) is 4.98 Å². The summed E-state index contributed by atoms with van der Waals surface area (Å²) in [5, 5.41) is 11.2. The Morgan fingerprint density at radius 2 is 1.81 bits per heavy atom. The molecule has 1 saturated heterocycles. The average Bonchev–Trinajstić information content (AvgIpc) is 3.38. The molecule has 32 heavy (non-hydrogen) atoms. The van der Waals surface area contributed by atoms with Crippen LogP contribution in [0.5, 0.6) is 11.5 Å². The molecule has 3 heterocycles. The Bertz CT molecular complexity index is 1280. The van der Waals surface area contributed by atoms with Crippen molar-refractivity contribution < 1.29 is 24.2 Å². The second-order valence-corrected chi connectivity index (χ2v) is 7.76. The summed E-state index contributed by atoms with van der Waals surface area (Å²) in [5.74, 6) is -0.755. The number of ether oxygens (including phenoxy) is 2. The van der Waals surface area contributed by atoms with Crippen LogP contribution in [-0.2, 0) is 9.59 Å². The molecule has 0 saturated carbocycles. The fourth-order valence-electron chi connectivity index (χ4n) is 3.99. The van der Waals surface area contributed by atoms with Crippen LogP contribution >= 0.6 is 0 Å². The van der Waals surface area contributed by atoms with Crippen molar-refractivity contribution in [1.29, 1.82) is 0 Å². The van der Waals surface area contributed by atoms with Gasteiger partial charge in [-0.3, -0.25) is 19.5 Å². The highest BCUT2D eigenvalue weighted by molar-refractivity contribution is 6.51. The number of Topliss-reactive ketones (excluding diaryl/α,β-unsaturated/α-hetero) is 1. The van der Waals surface area contributed by atoms with Gasteiger partial charge in [-0.15, -0.1) is 0 Å². The summed E-state index contributed by atoms with van der Waals surface area (Å²) in [5.41, 5.74) is 3.43. The van der Waals surface area contributed by atoms with Crippen LogP contribution in [0.2, 0.25) is 0 Å². The van der Waals surface area contributed by atoms with E-state index in [-0.39, 0.29) is 18.1 Å². The predicted octanol–water partition coefficient (Wildman–Crippen LogP) is 4.05. The van der Waals surface area contributed by atoms with Crippen molar-refractivity contribution in [3.05, 3.63) is 88.8 Å². The molecule has 7 heteroatoms. The smallest absolute Gasteiger partial charge is 0.300 e. The maximum Gasteiger partial charge on any atom is 0.300 e. The van der Waals surface area contributed by atoms with Gasteiger partial charge in [0.1, 0.15) is 11.8 Å². The lowest BCUT2D eigenvalue weighted by molar-refractivity contribution is -0.132. The highest BCUT2D eigenvalue weighted by atomic mass is 16.7. The minimum Gasteiger partial charge on any atom is -0.507 e. The van der Waals surface area contributed by atoms with Gasteiger partial charge in [-0.05, 0) is 67.4 Å². The van der Waals surface area contributed by atoms with Crippen LogP contribution in [0, 0.1) is 13.8 Å². The van der Waals surface area contributed by atoms with E-state index < -0.39 is 17.7 Å². The van der Waals surface area contributed by atoms with Crippen LogP contribution in [0.15, 0.2) is 66.4 Å². The van der Waals surface area contributed by atoms with Crippen LogP contribution in [0.25, 0.3) is 5.76 Å². The average molecular weight is 428 g/mol. The van der Waals surface area contributed by atoms with Gasteiger partial charge in [0, 0.05) is 17.4 Å². The largest absolute Gasteiger partial charge is 0.507 e. The van der Waals surface area contributed by atoms with Crippen LogP contribution in [0.4, 0.5) is 5.69 Å². The van der Waals surface area contributed by atoms with E-state index in [4.69, 9.17) is 9.47 Å². The highest BCUT2D eigenvalue weighted by Gasteiger charge is 2.47. The number of amides is 1. The van der Waals surface area contributed by atoms with E-state index in [0.29, 0.717) is 28.4 Å². The molecule has 0 spiro atoms. The van der Waals surface area contributed by atoms with Gasteiger partial charge in [0.15, 0.2) is 11.5 Å². The Morgan fingerprint density at radius 3 is 2.56 bits per heavy atom. The molecular weight excluding hydrogens is 408 g/mol. The second kappa shape index (κ2) is 7.53. The first-order chi connectivity index (χ1) is 15.5. The molecule has 2 aliphatic rings. The van der Waals surface area contributed by atoms with Crippen molar-refractivity contribution in [2.24, 2.45) is 0 Å². The molecule has 160 valence electrons. The Kier molecular flexibility index (Phi) is 4.66. The Hall–Kier alpha value is -4.13. The lowest BCUT2D eigenvalue weighted by Gasteiger charge is -2.25. The number of benzene rings is 2. The third kappa shape index (κ3) is 3.10. The lowest BCUT2D eigenvalue weighted by atomic mass is 9.97. The van der Waals surface area contributed by atoms with Crippen molar-refractivity contribution >= 4 is 23.1 Å². The molecule has 2 aliphatic heterocycles. The molecule has 5 rings (SSSR count). The number of nitrogens with zero attached hydrogens (tertiary/aromatic N) is 2. The van der Waals surface area contributed by atoms with Gasteiger partial charge in [0.05, 0.1) is 11.3 Å². The van der Waals surface area contributed by atoms with Crippen molar-refractivity contribution in [3.63, 3.8) is 0 Å². The van der Waals surface area contributed by atoms with Crippen molar-refractivity contribution in [2.75, 3.05) is 11.7 Å². The van der Waals surface area contributed by atoms with Crippen molar-refractivity contribution in [3.8, 4) is 11.5 Å². The molecule has 0 bridgehead atoms. The number of rotatable bonds is 3. The number of hydrogen-bond acceptors (Lipinski definition) is 6. The normalized spacial score (nSPS) is 18.9. The van der Waals surface area contributed by atoms with E-state index in [1.54, 1.807) is 48.7 Å². The molecule has 1 N–H and O–H groups in total. The first-order valence-electron chi connectivity index (χ1n) is 10.1. The zero-order valence-corrected chi connectivity index (χ0v) is 17.5. The Morgan fingerprint density at radius 1 is 1.00 bits per heavy atom. The minimum absolute atomic E-state index is 0.0224. The number of pyridine rings is 1. The maximum atomic E-state index is 13.2. The molecule has 1 unspecified atom stereocenters. The molecule has 1 fully saturated rings. The summed E-state index contributed by atoms with van der Waals surface area (Å²) in [6.07, 6.45) is 1.59. The first-order valence-corrected chi connectivity index (χ1v) is 10.1. The number of hydrogen-bond donors (Lipinski definition) is 1. The van der Waals surface area contributed by atoms with Crippen LogP contribution in [-0.4, -0.2) is 28.6 Å². The fraction of sp³-hybridized carbons (Fsp3) is 0.160. The maximum absolute atomic E-state index is 13.2. The third-order valence-electron chi connectivity index (χ3n) is 5.83. The van der Waals surface area contributed by atoms with Gasteiger partial charge in [0.25, 0.3) is 11.7 Å². The van der Waals surface area contributed by atoms with Crippen molar-refractivity contribution in [2.45, 2.75) is 19.9 Å². The van der Waals surface area contributed by atoms with Gasteiger partial charge in [-0.1, -0.05) is 12.1 Å². The molecule has 7 nitrogen and oxygen atoms in total. The summed E-state index contributed by atoms with van der Waals surface area (Å²) in [6.45, 7) is 4.01. The highest BCUT2D eigenvalue weighted by Crippen LogP contribution is 2.43. The first kappa shape index (κ1) is 19.8. The zero-order valence-electron chi connectivity index (χ0n) is 17.5. The number of anilines is 1. The van der Waals surface area contributed by atoms with Crippen LogP contribution < -0.4 is 14.4 Å². The number of carbonyl (C=O) groups excluding carboxylic acids is 2.